The second-order valence-corrected chi connectivity index (χ2v) is 10.4. The van der Waals surface area contributed by atoms with Crippen LogP contribution >= 0.6 is 0 Å². The number of rotatable bonds is 10. The Kier molecular flexibility index (Phi) is 6.97. The number of aryl methyl sites for hydroxylation is 1. The van der Waals surface area contributed by atoms with E-state index >= 15 is 0 Å². The fourth-order valence-corrected chi connectivity index (χ4v) is 4.19. The highest BCUT2D eigenvalue weighted by Crippen LogP contribution is 2.28. The molecule has 1 unspecified atom stereocenters. The Labute approximate surface area is 176 Å². The Hall–Kier alpha value is -2.20. The van der Waals surface area contributed by atoms with Crippen molar-refractivity contribution < 1.29 is 29.6 Å². The number of para-hydroxylation sites is 1. The van der Waals surface area contributed by atoms with Crippen LogP contribution in [0.15, 0.2) is 59.0 Å². The van der Waals surface area contributed by atoms with Crippen molar-refractivity contribution in [1.82, 2.24) is 0 Å². The van der Waals surface area contributed by atoms with Gasteiger partial charge in [-0.05, 0) is 37.0 Å². The molecule has 0 N–H and O–H groups in total. The van der Waals surface area contributed by atoms with Gasteiger partial charge in [-0.1, -0.05) is 42.5 Å². The molecule has 9 heteroatoms. The average Bonchev–Trinajstić information content (AvgIpc) is 3.08. The van der Waals surface area contributed by atoms with E-state index in [1.165, 1.54) is 0 Å². The van der Waals surface area contributed by atoms with E-state index in [-0.39, 0.29) is 13.0 Å². The maximum absolute atomic E-state index is 11.5. The monoisotopic (exact) mass is 452 g/mol. The van der Waals surface area contributed by atoms with Crippen LogP contribution in [0.5, 0.6) is 0 Å². The van der Waals surface area contributed by atoms with Crippen LogP contribution in [0.25, 0.3) is 22.3 Å². The van der Waals surface area contributed by atoms with Crippen LogP contribution in [-0.2, 0) is 35.0 Å². The Morgan fingerprint density at radius 2 is 1.60 bits per heavy atom. The Bertz CT molecular complexity index is 1160. The van der Waals surface area contributed by atoms with Gasteiger partial charge in [0.05, 0.1) is 25.2 Å². The number of furan rings is 1. The molecule has 3 aromatic rings. The van der Waals surface area contributed by atoms with Gasteiger partial charge in [0.2, 0.25) is 0 Å². The summed E-state index contributed by atoms with van der Waals surface area (Å²) in [5, 5.41) is 1.04. The summed E-state index contributed by atoms with van der Waals surface area (Å²) in [5.74, 6) is 0.777. The lowest BCUT2D eigenvalue weighted by Crippen LogP contribution is -2.21. The van der Waals surface area contributed by atoms with Crippen molar-refractivity contribution >= 4 is 31.2 Å². The van der Waals surface area contributed by atoms with Gasteiger partial charge in [0.25, 0.3) is 20.2 Å². The summed E-state index contributed by atoms with van der Waals surface area (Å²) in [4.78, 5) is 0. The predicted octanol–water partition coefficient (Wildman–Crippen LogP) is 3.74. The minimum Gasteiger partial charge on any atom is -0.456 e. The highest BCUT2D eigenvalue weighted by atomic mass is 32.2. The van der Waals surface area contributed by atoms with E-state index in [0.717, 1.165) is 40.4 Å². The summed E-state index contributed by atoms with van der Waals surface area (Å²) in [6.07, 6.45) is 2.38. The van der Waals surface area contributed by atoms with E-state index < -0.39 is 26.3 Å². The van der Waals surface area contributed by atoms with E-state index in [1.807, 2.05) is 54.6 Å². The quantitative estimate of drug-likeness (QED) is 0.432. The first kappa shape index (κ1) is 22.5. The molecule has 0 saturated carbocycles. The number of fused-ring (bicyclic) bond motifs is 1. The summed E-state index contributed by atoms with van der Waals surface area (Å²) >= 11 is 0. The third kappa shape index (κ3) is 6.94. The molecule has 1 heterocycles. The molecule has 2 aromatic carbocycles. The average molecular weight is 453 g/mol. The topological polar surface area (TPSA) is 99.9 Å². The van der Waals surface area contributed by atoms with E-state index in [1.54, 1.807) is 0 Å². The molecule has 0 aliphatic carbocycles. The molecule has 162 valence electrons. The lowest BCUT2D eigenvalue weighted by Gasteiger charge is -2.16. The van der Waals surface area contributed by atoms with Gasteiger partial charge in [-0.3, -0.25) is 8.37 Å². The third-order valence-corrected chi connectivity index (χ3v) is 5.68. The van der Waals surface area contributed by atoms with E-state index in [4.69, 9.17) is 12.8 Å². The minimum absolute atomic E-state index is 0.135. The van der Waals surface area contributed by atoms with Gasteiger partial charge >= 0.3 is 0 Å². The van der Waals surface area contributed by atoms with Gasteiger partial charge in [-0.25, -0.2) is 0 Å². The molecule has 0 radical (unpaired) electrons. The minimum atomic E-state index is -3.67. The van der Waals surface area contributed by atoms with Crippen LogP contribution in [0.3, 0.4) is 0 Å². The molecular formula is C21H24O7S2. The standard InChI is InChI=1S/C21H24O7S2/c1-29(22,23)26-14-13-19(28-30(2,24)25)12-9-16-7-10-17(11-8-16)21-15-18-5-3-4-6-20(18)27-21/h3-8,10-11,15,19H,9,12-14H2,1-2H3. The van der Waals surface area contributed by atoms with E-state index in [2.05, 4.69) is 0 Å². The maximum Gasteiger partial charge on any atom is 0.264 e. The Balaban J connectivity index is 1.63. The number of hydrogen-bond acceptors (Lipinski definition) is 7. The Morgan fingerprint density at radius 1 is 0.900 bits per heavy atom. The van der Waals surface area contributed by atoms with Crippen LogP contribution < -0.4 is 0 Å². The molecule has 30 heavy (non-hydrogen) atoms. The lowest BCUT2D eigenvalue weighted by atomic mass is 10.0. The van der Waals surface area contributed by atoms with Crippen molar-refractivity contribution in [2.45, 2.75) is 25.4 Å². The third-order valence-electron chi connectivity index (χ3n) is 4.47. The van der Waals surface area contributed by atoms with Crippen LogP contribution in [0.4, 0.5) is 0 Å². The van der Waals surface area contributed by atoms with Crippen molar-refractivity contribution in [3.8, 4) is 11.3 Å². The molecule has 0 spiro atoms. The van der Waals surface area contributed by atoms with Crippen LogP contribution in [0.1, 0.15) is 18.4 Å². The zero-order chi connectivity index (χ0) is 21.8. The van der Waals surface area contributed by atoms with Crippen LogP contribution in [-0.4, -0.2) is 42.1 Å². The molecule has 0 saturated heterocycles. The molecule has 0 bridgehead atoms. The Morgan fingerprint density at radius 3 is 2.23 bits per heavy atom. The molecule has 3 rings (SSSR count). The van der Waals surface area contributed by atoms with Gasteiger partial charge in [-0.15, -0.1) is 0 Å². The number of benzene rings is 2. The molecular weight excluding hydrogens is 428 g/mol. The first-order chi connectivity index (χ1) is 14.1. The van der Waals surface area contributed by atoms with E-state index in [9.17, 15) is 16.8 Å². The molecule has 0 aliphatic heterocycles. The molecule has 1 aromatic heterocycles. The summed E-state index contributed by atoms with van der Waals surface area (Å²) in [7, 11) is -7.25. The second kappa shape index (κ2) is 9.30. The van der Waals surface area contributed by atoms with Gasteiger partial charge < -0.3 is 4.42 Å². The summed E-state index contributed by atoms with van der Waals surface area (Å²) in [6.45, 7) is -0.135. The molecule has 7 nitrogen and oxygen atoms in total. The van der Waals surface area contributed by atoms with Crippen molar-refractivity contribution in [2.24, 2.45) is 0 Å². The highest BCUT2D eigenvalue weighted by molar-refractivity contribution is 7.86. The summed E-state index contributed by atoms with van der Waals surface area (Å²) < 4.78 is 60.8. The summed E-state index contributed by atoms with van der Waals surface area (Å²) in [5.41, 5.74) is 2.77. The van der Waals surface area contributed by atoms with Gasteiger partial charge in [0.15, 0.2) is 0 Å². The fourth-order valence-electron chi connectivity index (χ4n) is 3.11. The van der Waals surface area contributed by atoms with Gasteiger partial charge in [0, 0.05) is 10.9 Å². The number of hydrogen-bond donors (Lipinski definition) is 0. The van der Waals surface area contributed by atoms with Gasteiger partial charge in [-0.2, -0.15) is 16.8 Å². The molecule has 0 fully saturated rings. The zero-order valence-electron chi connectivity index (χ0n) is 16.8. The van der Waals surface area contributed by atoms with Gasteiger partial charge in [0.1, 0.15) is 11.3 Å². The lowest BCUT2D eigenvalue weighted by molar-refractivity contribution is 0.163. The van der Waals surface area contributed by atoms with Crippen molar-refractivity contribution in [1.29, 1.82) is 0 Å². The SMILES string of the molecule is CS(=O)(=O)OCCC(CCc1ccc(-c2cc3ccccc3o2)cc1)OS(C)(=O)=O. The zero-order valence-corrected chi connectivity index (χ0v) is 18.4. The maximum atomic E-state index is 11.5. The first-order valence-corrected chi connectivity index (χ1v) is 13.0. The molecule has 0 amide bonds. The van der Waals surface area contributed by atoms with E-state index in [0.29, 0.717) is 12.8 Å². The summed E-state index contributed by atoms with van der Waals surface area (Å²) in [6, 6.07) is 17.6. The largest absolute Gasteiger partial charge is 0.456 e. The molecule has 1 atom stereocenters. The normalized spacial score (nSPS) is 13.5. The van der Waals surface area contributed by atoms with Crippen LogP contribution in [0, 0.1) is 0 Å². The van der Waals surface area contributed by atoms with Crippen LogP contribution in [0.2, 0.25) is 0 Å². The second-order valence-electron chi connectivity index (χ2n) is 7.12. The highest BCUT2D eigenvalue weighted by Gasteiger charge is 2.17. The van der Waals surface area contributed by atoms with Crippen molar-refractivity contribution in [2.75, 3.05) is 19.1 Å². The first-order valence-electron chi connectivity index (χ1n) is 9.40. The molecule has 0 aliphatic rings. The van der Waals surface area contributed by atoms with Crippen molar-refractivity contribution in [3.05, 3.63) is 60.2 Å². The smallest absolute Gasteiger partial charge is 0.264 e. The fraction of sp³-hybridized carbons (Fsp3) is 0.333. The predicted molar refractivity (Wildman–Crippen MR) is 115 cm³/mol. The van der Waals surface area contributed by atoms with Crippen molar-refractivity contribution in [3.63, 3.8) is 0 Å².